The van der Waals surface area contributed by atoms with E-state index in [1.165, 1.54) is 0 Å². The zero-order valence-electron chi connectivity index (χ0n) is 6.81. The van der Waals surface area contributed by atoms with Gasteiger partial charge in [0, 0.05) is 5.69 Å². The third-order valence-electron chi connectivity index (χ3n) is 1.56. The van der Waals surface area contributed by atoms with Crippen molar-refractivity contribution in [3.8, 4) is 0 Å². The van der Waals surface area contributed by atoms with Crippen LogP contribution in [0.1, 0.15) is 11.6 Å². The van der Waals surface area contributed by atoms with E-state index in [0.29, 0.717) is 11.3 Å². The van der Waals surface area contributed by atoms with Gasteiger partial charge in [0.15, 0.2) is 0 Å². The van der Waals surface area contributed by atoms with Gasteiger partial charge in [-0.2, -0.15) is 0 Å². The van der Waals surface area contributed by atoms with Gasteiger partial charge in [0.05, 0.1) is 0 Å². The fourth-order valence-corrected chi connectivity index (χ4v) is 0.846. The smallest absolute Gasteiger partial charge is 0.325 e. The van der Waals surface area contributed by atoms with E-state index in [9.17, 15) is 4.79 Å². The van der Waals surface area contributed by atoms with E-state index >= 15 is 0 Å². The molecule has 72 valence electrons. The second-order valence-electron chi connectivity index (χ2n) is 2.48. The zero-order valence-corrected chi connectivity index (χ0v) is 7.62. The Bertz CT molecular complexity index is 287. The molecule has 13 heavy (non-hydrogen) atoms. The van der Waals surface area contributed by atoms with Gasteiger partial charge in [0.2, 0.25) is 0 Å². The number of nitrogens with two attached hydrogens (primary N) is 2. The summed E-state index contributed by atoms with van der Waals surface area (Å²) < 4.78 is 0. The summed E-state index contributed by atoms with van der Waals surface area (Å²) in [7, 11) is 0. The molecule has 1 atom stereocenters. The minimum atomic E-state index is -1.04. The van der Waals surface area contributed by atoms with Crippen molar-refractivity contribution in [2.45, 2.75) is 6.04 Å². The molecule has 0 aromatic heterocycles. The quantitative estimate of drug-likeness (QED) is 0.618. The fraction of sp³-hybridized carbons (Fsp3) is 0.125. The van der Waals surface area contributed by atoms with Crippen LogP contribution in [0.15, 0.2) is 24.3 Å². The molecule has 0 heterocycles. The van der Waals surface area contributed by atoms with Gasteiger partial charge in [-0.05, 0) is 17.7 Å². The van der Waals surface area contributed by atoms with Crippen LogP contribution >= 0.6 is 12.4 Å². The Labute approximate surface area is 81.9 Å². The van der Waals surface area contributed by atoms with Crippen molar-refractivity contribution < 1.29 is 9.90 Å². The molecule has 0 aliphatic carbocycles. The molecule has 0 unspecified atom stereocenters. The maximum Gasteiger partial charge on any atom is 0.325 e. The highest BCUT2D eigenvalue weighted by molar-refractivity contribution is 5.85. The molecule has 5 N–H and O–H groups in total. The van der Waals surface area contributed by atoms with Crippen LogP contribution < -0.4 is 11.5 Å². The minimum absolute atomic E-state index is 0. The third-order valence-corrected chi connectivity index (χ3v) is 1.56. The van der Waals surface area contributed by atoms with Gasteiger partial charge in [-0.25, -0.2) is 0 Å². The first-order valence-electron chi connectivity index (χ1n) is 3.45. The van der Waals surface area contributed by atoms with Crippen molar-refractivity contribution in [2.24, 2.45) is 5.73 Å². The largest absolute Gasteiger partial charge is 0.480 e. The molecule has 0 bridgehead atoms. The average Bonchev–Trinajstić information content (AvgIpc) is 2.04. The minimum Gasteiger partial charge on any atom is -0.480 e. The van der Waals surface area contributed by atoms with E-state index in [4.69, 9.17) is 16.6 Å². The van der Waals surface area contributed by atoms with Gasteiger partial charge in [-0.1, -0.05) is 12.1 Å². The number of anilines is 1. The van der Waals surface area contributed by atoms with Gasteiger partial charge < -0.3 is 16.6 Å². The van der Waals surface area contributed by atoms with Crippen molar-refractivity contribution in [1.82, 2.24) is 0 Å². The number of carbonyl (C=O) groups is 1. The van der Waals surface area contributed by atoms with Gasteiger partial charge in [-0.15, -0.1) is 12.4 Å². The molecule has 0 aliphatic heterocycles. The van der Waals surface area contributed by atoms with Crippen LogP contribution in [0.25, 0.3) is 0 Å². The summed E-state index contributed by atoms with van der Waals surface area (Å²) in [5, 5.41) is 8.55. The summed E-state index contributed by atoms with van der Waals surface area (Å²) >= 11 is 0. The monoisotopic (exact) mass is 202 g/mol. The summed E-state index contributed by atoms with van der Waals surface area (Å²) in [5.74, 6) is -1.04. The molecule has 5 heteroatoms. The van der Waals surface area contributed by atoms with Crippen LogP contribution in [0.5, 0.6) is 0 Å². The standard InChI is InChI=1S/C8H10N2O2.ClH/c9-6-3-1-5(2-4-6)7(10)8(11)12;/h1-4,7H,9-10H2,(H,11,12);1H/t7-;/m1./s1. The van der Waals surface area contributed by atoms with Crippen molar-refractivity contribution in [2.75, 3.05) is 5.73 Å². The number of hydrogen-bond acceptors (Lipinski definition) is 3. The van der Waals surface area contributed by atoms with Gasteiger partial charge in [-0.3, -0.25) is 4.79 Å². The van der Waals surface area contributed by atoms with Crippen molar-refractivity contribution >= 4 is 24.1 Å². The second-order valence-corrected chi connectivity index (χ2v) is 2.48. The molecule has 0 radical (unpaired) electrons. The van der Waals surface area contributed by atoms with E-state index < -0.39 is 12.0 Å². The number of rotatable bonds is 2. The van der Waals surface area contributed by atoms with Crippen molar-refractivity contribution in [1.29, 1.82) is 0 Å². The highest BCUT2D eigenvalue weighted by Gasteiger charge is 2.12. The highest BCUT2D eigenvalue weighted by Crippen LogP contribution is 2.12. The lowest BCUT2D eigenvalue weighted by atomic mass is 10.1. The maximum absolute atomic E-state index is 10.4. The number of halogens is 1. The summed E-state index contributed by atoms with van der Waals surface area (Å²) in [6.45, 7) is 0. The Morgan fingerprint density at radius 2 is 1.77 bits per heavy atom. The van der Waals surface area contributed by atoms with E-state index in [2.05, 4.69) is 0 Å². The van der Waals surface area contributed by atoms with Crippen molar-refractivity contribution in [3.05, 3.63) is 29.8 Å². The number of nitrogen functional groups attached to an aromatic ring is 1. The number of aliphatic carboxylic acids is 1. The van der Waals surface area contributed by atoms with Crippen LogP contribution in [0.3, 0.4) is 0 Å². The third kappa shape index (κ3) is 2.93. The number of carboxylic acids is 1. The predicted molar refractivity (Wildman–Crippen MR) is 52.7 cm³/mol. The molecule has 0 fully saturated rings. The molecule has 0 aliphatic rings. The van der Waals surface area contributed by atoms with Crippen LogP contribution in [0.2, 0.25) is 0 Å². The van der Waals surface area contributed by atoms with Gasteiger partial charge in [0.1, 0.15) is 6.04 Å². The summed E-state index contributed by atoms with van der Waals surface area (Å²) in [6, 6.07) is 5.49. The Kier molecular flexibility index (Phi) is 4.23. The molecule has 0 amide bonds. The lowest BCUT2D eigenvalue weighted by Gasteiger charge is -2.05. The van der Waals surface area contributed by atoms with E-state index in [1.807, 2.05) is 0 Å². The summed E-state index contributed by atoms with van der Waals surface area (Å²) in [6.07, 6.45) is 0. The number of hydrogen-bond donors (Lipinski definition) is 3. The van der Waals surface area contributed by atoms with Gasteiger partial charge in [0.25, 0.3) is 0 Å². The first-order chi connectivity index (χ1) is 5.61. The molecule has 1 aromatic carbocycles. The normalized spacial score (nSPS) is 11.5. The number of carboxylic acid groups (broad SMARTS) is 1. The first-order valence-corrected chi connectivity index (χ1v) is 3.45. The molecule has 1 rings (SSSR count). The molecular formula is C8H11ClN2O2. The lowest BCUT2D eigenvalue weighted by Crippen LogP contribution is -2.20. The predicted octanol–water partition coefficient (Wildman–Crippen LogP) is 0.775. The first kappa shape index (κ1) is 11.7. The van der Waals surface area contributed by atoms with Crippen LogP contribution in [0.4, 0.5) is 5.69 Å². The van der Waals surface area contributed by atoms with Gasteiger partial charge >= 0.3 is 5.97 Å². The Morgan fingerprint density at radius 1 is 1.31 bits per heavy atom. The summed E-state index contributed by atoms with van der Waals surface area (Å²) in [4.78, 5) is 10.4. The SMILES string of the molecule is Cl.Nc1ccc([C@@H](N)C(=O)O)cc1. The van der Waals surface area contributed by atoms with Crippen molar-refractivity contribution in [3.63, 3.8) is 0 Å². The molecule has 0 saturated heterocycles. The van der Waals surface area contributed by atoms with E-state index in [1.54, 1.807) is 24.3 Å². The maximum atomic E-state index is 10.4. The topological polar surface area (TPSA) is 89.3 Å². The Morgan fingerprint density at radius 3 is 2.15 bits per heavy atom. The lowest BCUT2D eigenvalue weighted by molar-refractivity contribution is -0.138. The summed E-state index contributed by atoms with van der Waals surface area (Å²) in [5.41, 5.74) is 11.9. The molecule has 4 nitrogen and oxygen atoms in total. The molecular weight excluding hydrogens is 192 g/mol. The second kappa shape index (κ2) is 4.69. The zero-order chi connectivity index (χ0) is 9.14. The fourth-order valence-electron chi connectivity index (χ4n) is 0.846. The van der Waals surface area contributed by atoms with Crippen LogP contribution in [0, 0.1) is 0 Å². The van der Waals surface area contributed by atoms with E-state index in [-0.39, 0.29) is 12.4 Å². The van der Waals surface area contributed by atoms with Crippen LogP contribution in [-0.4, -0.2) is 11.1 Å². The highest BCUT2D eigenvalue weighted by atomic mass is 35.5. The average molecular weight is 203 g/mol. The van der Waals surface area contributed by atoms with Crippen LogP contribution in [-0.2, 0) is 4.79 Å². The Hall–Kier alpha value is -1.26. The number of benzene rings is 1. The van der Waals surface area contributed by atoms with E-state index in [0.717, 1.165) is 0 Å². The molecule has 0 saturated carbocycles. The molecule has 0 spiro atoms. The molecule has 1 aromatic rings. The Balaban J connectivity index is 0.00000144.